The Kier molecular flexibility index (Phi) is 3.81. The van der Waals surface area contributed by atoms with Gasteiger partial charge in [-0.2, -0.15) is 4.98 Å². The fourth-order valence-electron chi connectivity index (χ4n) is 1.54. The molecule has 18 heavy (non-hydrogen) atoms. The molecule has 2 aromatic rings. The van der Waals surface area contributed by atoms with E-state index in [0.29, 0.717) is 24.1 Å². The zero-order chi connectivity index (χ0) is 13.1. The number of hydrogen-bond donors (Lipinski definition) is 1. The van der Waals surface area contributed by atoms with Gasteiger partial charge in [-0.05, 0) is 31.5 Å². The standard InChI is InChI=1S/C13H14BrN3O/c1-8-12(15)16-9(2)17-13(8)18-7-10-4-3-5-11(14)6-10/h3-6H,7H2,1-2H3,(H2,15,16,17). The van der Waals surface area contributed by atoms with Crippen LogP contribution in [0, 0.1) is 13.8 Å². The summed E-state index contributed by atoms with van der Waals surface area (Å²) in [6, 6.07) is 7.95. The van der Waals surface area contributed by atoms with Crippen molar-refractivity contribution in [2.75, 3.05) is 5.73 Å². The van der Waals surface area contributed by atoms with E-state index in [1.807, 2.05) is 31.2 Å². The maximum Gasteiger partial charge on any atom is 0.222 e. The van der Waals surface area contributed by atoms with Crippen LogP contribution < -0.4 is 10.5 Å². The van der Waals surface area contributed by atoms with Crippen molar-refractivity contribution < 1.29 is 4.74 Å². The monoisotopic (exact) mass is 307 g/mol. The van der Waals surface area contributed by atoms with E-state index in [4.69, 9.17) is 10.5 Å². The van der Waals surface area contributed by atoms with E-state index in [-0.39, 0.29) is 0 Å². The molecule has 2 N–H and O–H groups in total. The molecule has 0 aliphatic rings. The topological polar surface area (TPSA) is 61.0 Å². The van der Waals surface area contributed by atoms with Crippen LogP contribution in [0.4, 0.5) is 5.82 Å². The summed E-state index contributed by atoms with van der Waals surface area (Å²) >= 11 is 3.42. The van der Waals surface area contributed by atoms with Crippen LogP contribution >= 0.6 is 15.9 Å². The SMILES string of the molecule is Cc1nc(N)c(C)c(OCc2cccc(Br)c2)n1. The van der Waals surface area contributed by atoms with Crippen molar-refractivity contribution in [3.05, 3.63) is 45.7 Å². The Labute approximate surface area is 114 Å². The van der Waals surface area contributed by atoms with Crippen molar-refractivity contribution in [1.29, 1.82) is 0 Å². The fourth-order valence-corrected chi connectivity index (χ4v) is 1.99. The highest BCUT2D eigenvalue weighted by atomic mass is 79.9. The zero-order valence-corrected chi connectivity index (χ0v) is 11.9. The molecular formula is C13H14BrN3O. The largest absolute Gasteiger partial charge is 0.472 e. The molecule has 0 spiro atoms. The van der Waals surface area contributed by atoms with Gasteiger partial charge in [0, 0.05) is 4.47 Å². The molecule has 0 aliphatic heterocycles. The summed E-state index contributed by atoms with van der Waals surface area (Å²) in [4.78, 5) is 8.33. The van der Waals surface area contributed by atoms with Crippen molar-refractivity contribution in [1.82, 2.24) is 9.97 Å². The van der Waals surface area contributed by atoms with E-state index in [9.17, 15) is 0 Å². The molecule has 1 heterocycles. The molecule has 0 fully saturated rings. The Bertz CT molecular complexity index is 572. The first-order valence-corrected chi connectivity index (χ1v) is 6.33. The predicted octanol–water partition coefficient (Wildman–Crippen LogP) is 3.02. The molecule has 5 heteroatoms. The molecule has 1 aromatic heterocycles. The Morgan fingerprint density at radius 2 is 2.06 bits per heavy atom. The van der Waals surface area contributed by atoms with Crippen molar-refractivity contribution in [3.8, 4) is 5.88 Å². The van der Waals surface area contributed by atoms with Crippen LogP contribution in [0.2, 0.25) is 0 Å². The molecule has 0 saturated carbocycles. The number of benzene rings is 1. The number of anilines is 1. The summed E-state index contributed by atoms with van der Waals surface area (Å²) in [5.74, 6) is 1.62. The van der Waals surface area contributed by atoms with Gasteiger partial charge in [0.2, 0.25) is 5.88 Å². The molecule has 0 bridgehead atoms. The molecule has 0 aliphatic carbocycles. The van der Waals surface area contributed by atoms with E-state index in [0.717, 1.165) is 15.6 Å². The third-order valence-corrected chi connectivity index (χ3v) is 3.01. The van der Waals surface area contributed by atoms with Crippen LogP contribution in [0.25, 0.3) is 0 Å². The van der Waals surface area contributed by atoms with E-state index in [2.05, 4.69) is 25.9 Å². The second-order valence-electron chi connectivity index (χ2n) is 4.00. The highest BCUT2D eigenvalue weighted by Crippen LogP contribution is 2.21. The number of nitrogens with zero attached hydrogens (tertiary/aromatic N) is 2. The molecule has 0 atom stereocenters. The van der Waals surface area contributed by atoms with Gasteiger partial charge in [-0.25, -0.2) is 4.98 Å². The number of hydrogen-bond acceptors (Lipinski definition) is 4. The average Bonchev–Trinajstić information content (AvgIpc) is 2.32. The highest BCUT2D eigenvalue weighted by molar-refractivity contribution is 9.10. The average molecular weight is 308 g/mol. The van der Waals surface area contributed by atoms with Gasteiger partial charge in [0.1, 0.15) is 18.2 Å². The van der Waals surface area contributed by atoms with Crippen LogP contribution in [0.5, 0.6) is 5.88 Å². The molecule has 94 valence electrons. The lowest BCUT2D eigenvalue weighted by Crippen LogP contribution is -2.05. The smallest absolute Gasteiger partial charge is 0.222 e. The van der Waals surface area contributed by atoms with E-state index < -0.39 is 0 Å². The number of aryl methyl sites for hydroxylation is 1. The number of rotatable bonds is 3. The Hall–Kier alpha value is -1.62. The molecule has 2 rings (SSSR count). The van der Waals surface area contributed by atoms with Gasteiger partial charge >= 0.3 is 0 Å². The number of nitrogens with two attached hydrogens (primary N) is 1. The minimum atomic E-state index is 0.455. The summed E-state index contributed by atoms with van der Waals surface area (Å²) < 4.78 is 6.71. The second kappa shape index (κ2) is 5.35. The van der Waals surface area contributed by atoms with Crippen LogP contribution in [0.1, 0.15) is 17.0 Å². The molecule has 0 radical (unpaired) electrons. The van der Waals surface area contributed by atoms with Gasteiger partial charge in [-0.3, -0.25) is 0 Å². The Morgan fingerprint density at radius 1 is 1.28 bits per heavy atom. The third-order valence-electron chi connectivity index (χ3n) is 2.52. The predicted molar refractivity (Wildman–Crippen MR) is 74.4 cm³/mol. The first-order valence-electron chi connectivity index (χ1n) is 5.54. The maximum atomic E-state index is 5.78. The molecule has 0 amide bonds. The van der Waals surface area contributed by atoms with E-state index in [1.54, 1.807) is 6.92 Å². The van der Waals surface area contributed by atoms with Crippen LogP contribution in [-0.2, 0) is 6.61 Å². The summed E-state index contributed by atoms with van der Waals surface area (Å²) in [6.07, 6.45) is 0. The highest BCUT2D eigenvalue weighted by Gasteiger charge is 2.08. The van der Waals surface area contributed by atoms with Gasteiger partial charge in [0.15, 0.2) is 0 Å². The van der Waals surface area contributed by atoms with E-state index in [1.165, 1.54) is 0 Å². The zero-order valence-electron chi connectivity index (χ0n) is 10.3. The number of halogens is 1. The van der Waals surface area contributed by atoms with Gasteiger partial charge in [0.05, 0.1) is 5.56 Å². The van der Waals surface area contributed by atoms with Gasteiger partial charge in [-0.15, -0.1) is 0 Å². The minimum Gasteiger partial charge on any atom is -0.472 e. The first kappa shape index (κ1) is 12.8. The van der Waals surface area contributed by atoms with Gasteiger partial charge < -0.3 is 10.5 Å². The van der Waals surface area contributed by atoms with Crippen LogP contribution in [-0.4, -0.2) is 9.97 Å². The second-order valence-corrected chi connectivity index (χ2v) is 4.92. The summed E-state index contributed by atoms with van der Waals surface area (Å²) in [5, 5.41) is 0. The van der Waals surface area contributed by atoms with Crippen molar-refractivity contribution in [2.24, 2.45) is 0 Å². The maximum absolute atomic E-state index is 5.78. The Morgan fingerprint density at radius 3 is 2.78 bits per heavy atom. The van der Waals surface area contributed by atoms with Crippen LogP contribution in [0.15, 0.2) is 28.7 Å². The van der Waals surface area contributed by atoms with Crippen molar-refractivity contribution in [3.63, 3.8) is 0 Å². The van der Waals surface area contributed by atoms with Gasteiger partial charge in [-0.1, -0.05) is 28.1 Å². The lowest BCUT2D eigenvalue weighted by Gasteiger charge is -2.10. The van der Waals surface area contributed by atoms with Crippen molar-refractivity contribution in [2.45, 2.75) is 20.5 Å². The Balaban J connectivity index is 2.15. The molecular weight excluding hydrogens is 294 g/mol. The summed E-state index contributed by atoms with van der Waals surface area (Å²) in [6.45, 7) is 4.10. The molecule has 0 unspecified atom stereocenters. The first-order chi connectivity index (χ1) is 8.56. The number of nitrogen functional groups attached to an aromatic ring is 1. The lowest BCUT2D eigenvalue weighted by atomic mass is 10.2. The summed E-state index contributed by atoms with van der Waals surface area (Å²) in [5.41, 5.74) is 7.62. The lowest BCUT2D eigenvalue weighted by molar-refractivity contribution is 0.290. The molecule has 4 nitrogen and oxygen atoms in total. The normalized spacial score (nSPS) is 10.4. The van der Waals surface area contributed by atoms with Crippen LogP contribution in [0.3, 0.4) is 0 Å². The molecule has 0 saturated heterocycles. The van der Waals surface area contributed by atoms with Gasteiger partial charge in [0.25, 0.3) is 0 Å². The third kappa shape index (κ3) is 2.98. The number of aromatic nitrogens is 2. The summed E-state index contributed by atoms with van der Waals surface area (Å²) in [7, 11) is 0. The molecule has 1 aromatic carbocycles. The fraction of sp³-hybridized carbons (Fsp3) is 0.231. The van der Waals surface area contributed by atoms with Crippen molar-refractivity contribution >= 4 is 21.7 Å². The number of ether oxygens (including phenoxy) is 1. The van der Waals surface area contributed by atoms with E-state index >= 15 is 0 Å². The minimum absolute atomic E-state index is 0.455. The quantitative estimate of drug-likeness (QED) is 0.947.